The summed E-state index contributed by atoms with van der Waals surface area (Å²) in [6.45, 7) is 0. The van der Waals surface area contributed by atoms with Gasteiger partial charge in [-0.05, 0) is 35.9 Å². The molecule has 0 unspecified atom stereocenters. The minimum atomic E-state index is 0.0118. The normalized spacial score (nSPS) is 11.2. The van der Waals surface area contributed by atoms with Gasteiger partial charge in [-0.1, -0.05) is 41.9 Å². The molecule has 0 aliphatic heterocycles. The Morgan fingerprint density at radius 2 is 1.65 bits per heavy atom. The molecular formula is C19H11ClO2S. The molecule has 0 aliphatic rings. The zero-order valence-electron chi connectivity index (χ0n) is 11.9. The number of benzene rings is 3. The van der Waals surface area contributed by atoms with Gasteiger partial charge in [0.15, 0.2) is 5.43 Å². The van der Waals surface area contributed by atoms with Crippen molar-refractivity contribution in [2.75, 3.05) is 0 Å². The lowest BCUT2D eigenvalue weighted by Gasteiger charge is -2.08. The molecule has 0 bridgehead atoms. The van der Waals surface area contributed by atoms with Gasteiger partial charge in [0, 0.05) is 25.7 Å². The quantitative estimate of drug-likeness (QED) is 0.469. The molecule has 0 amide bonds. The van der Waals surface area contributed by atoms with E-state index >= 15 is 0 Å². The van der Waals surface area contributed by atoms with Crippen LogP contribution in [0, 0.1) is 0 Å². The molecule has 112 valence electrons. The van der Waals surface area contributed by atoms with Crippen LogP contribution in [0.15, 0.2) is 65.5 Å². The number of aromatic hydroxyl groups is 1. The van der Waals surface area contributed by atoms with E-state index < -0.39 is 0 Å². The van der Waals surface area contributed by atoms with E-state index in [1.54, 1.807) is 29.5 Å². The van der Waals surface area contributed by atoms with Crippen LogP contribution in [0.3, 0.4) is 0 Å². The molecule has 0 fully saturated rings. The van der Waals surface area contributed by atoms with Crippen LogP contribution in [0.2, 0.25) is 5.02 Å². The summed E-state index contributed by atoms with van der Waals surface area (Å²) < 4.78 is 1.90. The Morgan fingerprint density at radius 1 is 0.870 bits per heavy atom. The lowest BCUT2D eigenvalue weighted by molar-refractivity contribution is 0.477. The third-order valence-corrected chi connectivity index (χ3v) is 5.33. The van der Waals surface area contributed by atoms with E-state index in [1.165, 1.54) is 0 Å². The lowest BCUT2D eigenvalue weighted by atomic mass is 10.0. The highest BCUT2D eigenvalue weighted by molar-refractivity contribution is 7.24. The molecule has 1 heterocycles. The standard InChI is InChI=1S/C19H11ClO2S/c20-15-6-3-5-12(19(15)22)11-8-9-17-14(10-11)18(21)13-4-1-2-7-16(13)23-17/h1-10,22H. The van der Waals surface area contributed by atoms with Gasteiger partial charge in [0.1, 0.15) is 5.75 Å². The lowest BCUT2D eigenvalue weighted by Crippen LogP contribution is -2.00. The zero-order valence-corrected chi connectivity index (χ0v) is 13.5. The molecule has 23 heavy (non-hydrogen) atoms. The van der Waals surface area contributed by atoms with Crippen molar-refractivity contribution in [1.82, 2.24) is 0 Å². The molecule has 0 aliphatic carbocycles. The third kappa shape index (κ3) is 2.29. The molecule has 0 atom stereocenters. The van der Waals surface area contributed by atoms with E-state index in [4.69, 9.17) is 11.6 Å². The van der Waals surface area contributed by atoms with Crippen molar-refractivity contribution in [1.29, 1.82) is 0 Å². The van der Waals surface area contributed by atoms with Crippen molar-refractivity contribution in [3.63, 3.8) is 0 Å². The molecule has 2 nitrogen and oxygen atoms in total. The molecular weight excluding hydrogens is 328 g/mol. The van der Waals surface area contributed by atoms with Crippen molar-refractivity contribution in [2.45, 2.75) is 0 Å². The van der Waals surface area contributed by atoms with E-state index in [1.807, 2.05) is 42.5 Å². The van der Waals surface area contributed by atoms with Crippen molar-refractivity contribution < 1.29 is 5.11 Å². The van der Waals surface area contributed by atoms with Crippen molar-refractivity contribution >= 4 is 43.1 Å². The van der Waals surface area contributed by atoms with E-state index in [0.717, 1.165) is 20.3 Å². The Labute approximate surface area is 141 Å². The third-order valence-electron chi connectivity index (χ3n) is 3.87. The Hall–Kier alpha value is -2.36. The predicted molar refractivity (Wildman–Crippen MR) is 97.7 cm³/mol. The number of para-hydroxylation sites is 1. The molecule has 4 rings (SSSR count). The number of rotatable bonds is 1. The largest absolute Gasteiger partial charge is 0.506 e. The first-order valence-corrected chi connectivity index (χ1v) is 8.28. The fraction of sp³-hybridized carbons (Fsp3) is 0. The predicted octanol–water partition coefficient (Wildman–Crippen LogP) is 5.44. The molecule has 0 radical (unpaired) electrons. The van der Waals surface area contributed by atoms with Crippen molar-refractivity contribution in [3.05, 3.63) is 75.9 Å². The number of phenolic OH excluding ortho intramolecular Hbond substituents is 1. The van der Waals surface area contributed by atoms with Gasteiger partial charge in [-0.15, -0.1) is 11.3 Å². The van der Waals surface area contributed by atoms with Gasteiger partial charge in [0.25, 0.3) is 0 Å². The number of hydrogen-bond acceptors (Lipinski definition) is 3. The first-order valence-electron chi connectivity index (χ1n) is 7.08. The average molecular weight is 339 g/mol. The number of hydrogen-bond donors (Lipinski definition) is 1. The zero-order chi connectivity index (χ0) is 16.0. The summed E-state index contributed by atoms with van der Waals surface area (Å²) in [5.74, 6) is 0.0328. The minimum Gasteiger partial charge on any atom is -0.506 e. The highest BCUT2D eigenvalue weighted by Crippen LogP contribution is 2.36. The van der Waals surface area contributed by atoms with Gasteiger partial charge in [0.05, 0.1) is 5.02 Å². The fourth-order valence-corrected chi connectivity index (χ4v) is 3.95. The summed E-state index contributed by atoms with van der Waals surface area (Å²) in [7, 11) is 0. The smallest absolute Gasteiger partial charge is 0.195 e. The van der Waals surface area contributed by atoms with Crippen LogP contribution >= 0.6 is 22.9 Å². The maximum absolute atomic E-state index is 12.7. The van der Waals surface area contributed by atoms with Crippen molar-refractivity contribution in [3.8, 4) is 16.9 Å². The Bertz CT molecular complexity index is 1120. The topological polar surface area (TPSA) is 37.3 Å². The Morgan fingerprint density at radius 3 is 2.52 bits per heavy atom. The van der Waals surface area contributed by atoms with Crippen molar-refractivity contribution in [2.24, 2.45) is 0 Å². The van der Waals surface area contributed by atoms with Crippen LogP contribution in [-0.2, 0) is 0 Å². The van der Waals surface area contributed by atoms with Gasteiger partial charge in [-0.2, -0.15) is 0 Å². The highest BCUT2D eigenvalue weighted by Gasteiger charge is 2.11. The second-order valence-electron chi connectivity index (χ2n) is 5.27. The van der Waals surface area contributed by atoms with E-state index in [2.05, 4.69) is 0 Å². The number of halogens is 1. The Balaban J connectivity index is 2.05. The SMILES string of the molecule is O=c1c2ccccc2sc2ccc(-c3cccc(Cl)c3O)cc12. The molecule has 4 heteroatoms. The van der Waals surface area contributed by atoms with Crippen LogP contribution in [0.1, 0.15) is 0 Å². The Kier molecular flexibility index (Phi) is 3.33. The first-order chi connectivity index (χ1) is 11.1. The van der Waals surface area contributed by atoms with E-state index in [0.29, 0.717) is 16.0 Å². The highest BCUT2D eigenvalue weighted by atomic mass is 35.5. The molecule has 4 aromatic rings. The van der Waals surface area contributed by atoms with Gasteiger partial charge in [-0.25, -0.2) is 0 Å². The number of fused-ring (bicyclic) bond motifs is 2. The first kappa shape index (κ1) is 14.2. The van der Waals surface area contributed by atoms with Gasteiger partial charge >= 0.3 is 0 Å². The maximum Gasteiger partial charge on any atom is 0.195 e. The summed E-state index contributed by atoms with van der Waals surface area (Å²) in [5.41, 5.74) is 1.41. The maximum atomic E-state index is 12.7. The summed E-state index contributed by atoms with van der Waals surface area (Å²) >= 11 is 7.57. The number of phenols is 1. The summed E-state index contributed by atoms with van der Waals surface area (Å²) in [4.78, 5) is 12.7. The fourth-order valence-electron chi connectivity index (χ4n) is 2.72. The summed E-state index contributed by atoms with van der Waals surface area (Å²) in [6.07, 6.45) is 0. The van der Waals surface area contributed by atoms with Crippen LogP contribution in [0.25, 0.3) is 31.3 Å². The average Bonchev–Trinajstić information content (AvgIpc) is 2.58. The van der Waals surface area contributed by atoms with Crippen LogP contribution in [-0.4, -0.2) is 5.11 Å². The second-order valence-corrected chi connectivity index (χ2v) is 6.77. The second kappa shape index (κ2) is 5.37. The molecule has 3 aromatic carbocycles. The summed E-state index contributed by atoms with van der Waals surface area (Å²) in [6, 6.07) is 18.5. The van der Waals surface area contributed by atoms with E-state index in [-0.39, 0.29) is 11.2 Å². The minimum absolute atomic E-state index is 0.0118. The van der Waals surface area contributed by atoms with Crippen LogP contribution in [0.5, 0.6) is 5.75 Å². The molecule has 0 spiro atoms. The van der Waals surface area contributed by atoms with Gasteiger partial charge in [0.2, 0.25) is 0 Å². The molecule has 0 saturated heterocycles. The van der Waals surface area contributed by atoms with Gasteiger partial charge < -0.3 is 5.11 Å². The summed E-state index contributed by atoms with van der Waals surface area (Å²) in [5, 5.41) is 11.8. The van der Waals surface area contributed by atoms with E-state index in [9.17, 15) is 9.90 Å². The molecule has 0 saturated carbocycles. The molecule has 1 N–H and O–H groups in total. The monoisotopic (exact) mass is 338 g/mol. The molecule has 1 aromatic heterocycles. The van der Waals surface area contributed by atoms with Gasteiger partial charge in [-0.3, -0.25) is 4.79 Å². The van der Waals surface area contributed by atoms with Crippen LogP contribution in [0.4, 0.5) is 0 Å². The van der Waals surface area contributed by atoms with Crippen LogP contribution < -0.4 is 5.43 Å².